The van der Waals surface area contributed by atoms with Gasteiger partial charge in [0.05, 0.1) is 6.61 Å². The quantitative estimate of drug-likeness (QED) is 0.645. The number of urea groups is 1. The van der Waals surface area contributed by atoms with Crippen LogP contribution in [0.4, 0.5) is 4.79 Å². The van der Waals surface area contributed by atoms with Crippen LogP contribution in [0.25, 0.3) is 0 Å². The molecule has 0 aromatic rings. The summed E-state index contributed by atoms with van der Waals surface area (Å²) in [6.45, 7) is 1.00. The predicted octanol–water partition coefficient (Wildman–Crippen LogP) is 1.50. The highest BCUT2D eigenvalue weighted by Crippen LogP contribution is 2.28. The monoisotopic (exact) mass is 284 g/mol. The van der Waals surface area contributed by atoms with Crippen molar-refractivity contribution in [2.75, 3.05) is 19.8 Å². The Hall–Kier alpha value is -1.30. The zero-order chi connectivity index (χ0) is 14.4. The maximum Gasteiger partial charge on any atom is 0.332 e. The zero-order valence-corrected chi connectivity index (χ0v) is 11.8. The summed E-state index contributed by atoms with van der Waals surface area (Å²) < 4.78 is 5.09. The van der Waals surface area contributed by atoms with Gasteiger partial charge in [-0.05, 0) is 18.8 Å². The number of carboxylic acids is 1. The molecule has 2 rings (SSSR count). The van der Waals surface area contributed by atoms with E-state index >= 15 is 0 Å². The van der Waals surface area contributed by atoms with Crippen molar-refractivity contribution in [1.29, 1.82) is 0 Å². The van der Waals surface area contributed by atoms with Crippen molar-refractivity contribution in [3.63, 3.8) is 0 Å². The van der Waals surface area contributed by atoms with E-state index in [4.69, 9.17) is 4.74 Å². The first-order valence-corrected chi connectivity index (χ1v) is 7.49. The van der Waals surface area contributed by atoms with Gasteiger partial charge in [-0.3, -0.25) is 0 Å². The second-order valence-electron chi connectivity index (χ2n) is 5.86. The van der Waals surface area contributed by atoms with Gasteiger partial charge in [0, 0.05) is 19.6 Å². The third kappa shape index (κ3) is 3.85. The van der Waals surface area contributed by atoms with Gasteiger partial charge < -0.3 is 20.5 Å². The van der Waals surface area contributed by atoms with E-state index in [2.05, 4.69) is 10.6 Å². The molecule has 1 saturated heterocycles. The fourth-order valence-electron chi connectivity index (χ4n) is 3.04. The Kier molecular flexibility index (Phi) is 5.23. The lowest BCUT2D eigenvalue weighted by Crippen LogP contribution is -2.57. The number of amides is 2. The Bertz CT molecular complexity index is 347. The van der Waals surface area contributed by atoms with Gasteiger partial charge in [-0.15, -0.1) is 0 Å². The fraction of sp³-hybridized carbons (Fsp3) is 0.857. The van der Waals surface area contributed by atoms with Crippen molar-refractivity contribution in [2.45, 2.75) is 50.5 Å². The molecule has 114 valence electrons. The van der Waals surface area contributed by atoms with Crippen LogP contribution in [-0.2, 0) is 9.53 Å². The zero-order valence-electron chi connectivity index (χ0n) is 11.8. The molecule has 1 aliphatic heterocycles. The van der Waals surface area contributed by atoms with Crippen LogP contribution in [-0.4, -0.2) is 42.4 Å². The lowest BCUT2D eigenvalue weighted by atomic mass is 9.99. The summed E-state index contributed by atoms with van der Waals surface area (Å²) >= 11 is 0. The third-order valence-corrected chi connectivity index (χ3v) is 4.33. The van der Waals surface area contributed by atoms with Gasteiger partial charge in [0.1, 0.15) is 0 Å². The first kappa shape index (κ1) is 15.1. The van der Waals surface area contributed by atoms with Crippen molar-refractivity contribution >= 4 is 12.0 Å². The summed E-state index contributed by atoms with van der Waals surface area (Å²) in [6.07, 6.45) is 7.71. The molecule has 1 atom stereocenters. The molecule has 2 fully saturated rings. The largest absolute Gasteiger partial charge is 0.479 e. The van der Waals surface area contributed by atoms with Crippen LogP contribution in [0, 0.1) is 5.92 Å². The Morgan fingerprint density at radius 3 is 2.65 bits per heavy atom. The van der Waals surface area contributed by atoms with Gasteiger partial charge >= 0.3 is 12.0 Å². The van der Waals surface area contributed by atoms with E-state index in [1.54, 1.807) is 0 Å². The lowest BCUT2D eigenvalue weighted by Gasteiger charge is -2.23. The number of nitrogens with one attached hydrogen (secondary N) is 2. The number of hydrogen-bond acceptors (Lipinski definition) is 3. The molecule has 6 heteroatoms. The molecule has 3 N–H and O–H groups in total. The number of ether oxygens (including phenoxy) is 1. The molecule has 0 aromatic heterocycles. The van der Waals surface area contributed by atoms with Gasteiger partial charge in [0.2, 0.25) is 0 Å². The summed E-state index contributed by atoms with van der Waals surface area (Å²) in [5, 5.41) is 14.5. The van der Waals surface area contributed by atoms with Crippen molar-refractivity contribution in [1.82, 2.24) is 10.6 Å². The Balaban J connectivity index is 1.65. The van der Waals surface area contributed by atoms with Gasteiger partial charge in [0.15, 0.2) is 5.54 Å². The summed E-state index contributed by atoms with van der Waals surface area (Å²) in [7, 11) is 0. The average Bonchev–Trinajstić information content (AvgIpc) is 3.06. The third-order valence-electron chi connectivity index (χ3n) is 4.33. The summed E-state index contributed by atoms with van der Waals surface area (Å²) in [6, 6.07) is -0.413. The summed E-state index contributed by atoms with van der Waals surface area (Å²) in [4.78, 5) is 23.0. The highest BCUT2D eigenvalue weighted by molar-refractivity contribution is 5.86. The van der Waals surface area contributed by atoms with Crippen LogP contribution < -0.4 is 10.6 Å². The van der Waals surface area contributed by atoms with E-state index in [1.165, 1.54) is 25.7 Å². The lowest BCUT2D eigenvalue weighted by molar-refractivity contribution is -0.144. The highest BCUT2D eigenvalue weighted by atomic mass is 16.5. The fourth-order valence-corrected chi connectivity index (χ4v) is 3.04. The van der Waals surface area contributed by atoms with E-state index in [-0.39, 0.29) is 6.61 Å². The van der Waals surface area contributed by atoms with Crippen molar-refractivity contribution in [3.05, 3.63) is 0 Å². The molecular formula is C14H24N2O4. The van der Waals surface area contributed by atoms with Gasteiger partial charge in [-0.2, -0.15) is 0 Å². The van der Waals surface area contributed by atoms with Gasteiger partial charge in [0.25, 0.3) is 0 Å². The van der Waals surface area contributed by atoms with E-state index in [0.717, 1.165) is 18.8 Å². The standard InChI is InChI=1S/C14H24N2O4/c17-12(18)14(7-9-20-10-14)16-13(19)15-8-3-6-11-4-1-2-5-11/h11H,1-10H2,(H,17,18)(H2,15,16,19). The number of aliphatic carboxylic acids is 1. The number of rotatable bonds is 6. The maximum atomic E-state index is 11.8. The molecule has 0 spiro atoms. The number of carbonyl (C=O) groups is 2. The minimum absolute atomic E-state index is 0.0395. The molecule has 2 aliphatic rings. The minimum atomic E-state index is -1.25. The predicted molar refractivity (Wildman–Crippen MR) is 73.5 cm³/mol. The summed E-state index contributed by atoms with van der Waals surface area (Å²) in [5.41, 5.74) is -1.25. The molecule has 1 heterocycles. The van der Waals surface area contributed by atoms with Crippen LogP contribution in [0.3, 0.4) is 0 Å². The molecular weight excluding hydrogens is 260 g/mol. The van der Waals surface area contributed by atoms with E-state index in [1.807, 2.05) is 0 Å². The first-order valence-electron chi connectivity index (χ1n) is 7.49. The molecule has 0 radical (unpaired) electrons. The number of hydrogen-bond donors (Lipinski definition) is 3. The van der Waals surface area contributed by atoms with E-state index < -0.39 is 17.5 Å². The molecule has 1 unspecified atom stereocenters. The highest BCUT2D eigenvalue weighted by Gasteiger charge is 2.43. The van der Waals surface area contributed by atoms with Gasteiger partial charge in [-0.25, -0.2) is 9.59 Å². The van der Waals surface area contributed by atoms with Gasteiger partial charge in [-0.1, -0.05) is 25.7 Å². The Labute approximate surface area is 119 Å². The average molecular weight is 284 g/mol. The molecule has 1 saturated carbocycles. The van der Waals surface area contributed by atoms with Crippen LogP contribution in [0.5, 0.6) is 0 Å². The normalized spacial score (nSPS) is 26.6. The SMILES string of the molecule is O=C(NCCCC1CCCC1)NC1(C(=O)O)CCOC1. The smallest absolute Gasteiger partial charge is 0.332 e. The minimum Gasteiger partial charge on any atom is -0.479 e. The molecule has 6 nitrogen and oxygen atoms in total. The van der Waals surface area contributed by atoms with E-state index in [0.29, 0.717) is 19.6 Å². The van der Waals surface area contributed by atoms with Crippen LogP contribution >= 0.6 is 0 Å². The second kappa shape index (κ2) is 6.92. The van der Waals surface area contributed by atoms with Crippen molar-refractivity contribution < 1.29 is 19.4 Å². The molecule has 0 bridgehead atoms. The molecule has 1 aliphatic carbocycles. The number of carboxylic acid groups (broad SMARTS) is 1. The maximum absolute atomic E-state index is 11.8. The van der Waals surface area contributed by atoms with Crippen LogP contribution in [0.2, 0.25) is 0 Å². The molecule has 20 heavy (non-hydrogen) atoms. The van der Waals surface area contributed by atoms with Crippen molar-refractivity contribution in [2.24, 2.45) is 5.92 Å². The Morgan fingerprint density at radius 2 is 2.05 bits per heavy atom. The molecule has 2 amide bonds. The van der Waals surface area contributed by atoms with Crippen LogP contribution in [0.1, 0.15) is 44.9 Å². The van der Waals surface area contributed by atoms with Crippen molar-refractivity contribution in [3.8, 4) is 0 Å². The molecule has 0 aromatic carbocycles. The summed E-state index contributed by atoms with van der Waals surface area (Å²) in [5.74, 6) is -0.218. The Morgan fingerprint density at radius 1 is 1.30 bits per heavy atom. The first-order chi connectivity index (χ1) is 9.62. The topological polar surface area (TPSA) is 87.7 Å². The number of carbonyl (C=O) groups excluding carboxylic acids is 1. The van der Waals surface area contributed by atoms with E-state index in [9.17, 15) is 14.7 Å². The second-order valence-corrected chi connectivity index (χ2v) is 5.86. The van der Waals surface area contributed by atoms with Crippen LogP contribution in [0.15, 0.2) is 0 Å².